The summed E-state index contributed by atoms with van der Waals surface area (Å²) >= 11 is 5.95. The summed E-state index contributed by atoms with van der Waals surface area (Å²) in [7, 11) is 0. The number of hydrazine groups is 1. The van der Waals surface area contributed by atoms with E-state index >= 15 is 0 Å². The first-order chi connectivity index (χ1) is 14.4. The molecule has 0 saturated heterocycles. The lowest BCUT2D eigenvalue weighted by Crippen LogP contribution is -2.41. The maximum atomic E-state index is 13.2. The molecule has 1 fully saturated rings. The van der Waals surface area contributed by atoms with Gasteiger partial charge < -0.3 is 4.74 Å². The van der Waals surface area contributed by atoms with Crippen LogP contribution in [0.4, 0.5) is 5.82 Å². The molecule has 0 bridgehead atoms. The van der Waals surface area contributed by atoms with Gasteiger partial charge in [0, 0.05) is 5.41 Å². The number of hydrogen-bond acceptors (Lipinski definition) is 6. The number of nitrogens with zero attached hydrogens (tertiary/aromatic N) is 4. The van der Waals surface area contributed by atoms with E-state index in [1.807, 2.05) is 44.2 Å². The van der Waals surface area contributed by atoms with E-state index in [0.29, 0.717) is 30.4 Å². The fourth-order valence-electron chi connectivity index (χ4n) is 3.69. The summed E-state index contributed by atoms with van der Waals surface area (Å²) in [5.41, 5.74) is 1.31. The van der Waals surface area contributed by atoms with Crippen molar-refractivity contribution in [2.75, 3.05) is 11.6 Å². The monoisotopic (exact) mass is 423 g/mol. The quantitative estimate of drug-likeness (QED) is 0.282. The highest BCUT2D eigenvalue weighted by Crippen LogP contribution is 2.55. The molecule has 2 heterocycles. The molecule has 2 aromatic heterocycles. The second kappa shape index (κ2) is 8.01. The maximum Gasteiger partial charge on any atom is 0.246 e. The first kappa shape index (κ1) is 20.3. The van der Waals surface area contributed by atoms with E-state index in [1.54, 1.807) is 24.4 Å². The fourth-order valence-corrected chi connectivity index (χ4v) is 3.85. The summed E-state index contributed by atoms with van der Waals surface area (Å²) in [4.78, 5) is 25.9. The number of pyridine rings is 1. The Labute approximate surface area is 179 Å². The second-order valence-corrected chi connectivity index (χ2v) is 7.85. The van der Waals surface area contributed by atoms with E-state index in [1.165, 1.54) is 0 Å². The zero-order chi connectivity index (χ0) is 21.3. The zero-order valence-corrected chi connectivity index (χ0v) is 17.5. The van der Waals surface area contributed by atoms with Crippen LogP contribution in [0.3, 0.4) is 0 Å². The minimum Gasteiger partial charge on any atom is -0.489 e. The molecule has 2 atom stereocenters. The molecule has 1 aromatic carbocycles. The van der Waals surface area contributed by atoms with Crippen LogP contribution in [0.5, 0.6) is 5.75 Å². The zero-order valence-electron chi connectivity index (χ0n) is 16.7. The Hall–Kier alpha value is -3.03. The van der Waals surface area contributed by atoms with Gasteiger partial charge in [-0.2, -0.15) is 0 Å². The summed E-state index contributed by atoms with van der Waals surface area (Å²) in [5, 5.41) is 1.35. The Morgan fingerprint density at radius 1 is 1.20 bits per heavy atom. The van der Waals surface area contributed by atoms with Crippen molar-refractivity contribution in [1.82, 2.24) is 15.0 Å². The number of amides is 1. The molecule has 1 amide bonds. The van der Waals surface area contributed by atoms with Crippen LogP contribution in [0.15, 0.2) is 54.7 Å². The lowest BCUT2D eigenvalue weighted by Gasteiger charge is -2.22. The molecule has 0 aliphatic heterocycles. The molecule has 3 aromatic rings. The van der Waals surface area contributed by atoms with Crippen LogP contribution in [0.25, 0.3) is 0 Å². The maximum absolute atomic E-state index is 13.2. The van der Waals surface area contributed by atoms with Crippen molar-refractivity contribution >= 4 is 23.3 Å². The number of hydrogen-bond donors (Lipinski definition) is 1. The van der Waals surface area contributed by atoms with Gasteiger partial charge >= 0.3 is 0 Å². The first-order valence-corrected chi connectivity index (χ1v) is 9.98. The number of ether oxygens (including phenoxy) is 1. The number of halogens is 1. The van der Waals surface area contributed by atoms with Crippen LogP contribution < -0.4 is 15.6 Å². The molecule has 1 unspecified atom stereocenters. The van der Waals surface area contributed by atoms with Crippen LogP contribution in [0, 0.1) is 19.8 Å². The normalized spacial score (nSPS) is 19.9. The Morgan fingerprint density at radius 2 is 1.97 bits per heavy atom. The van der Waals surface area contributed by atoms with Crippen LogP contribution in [0.2, 0.25) is 5.15 Å². The molecule has 1 aliphatic carbocycles. The molecule has 2 N–H and O–H groups in total. The Kier molecular flexibility index (Phi) is 5.40. The van der Waals surface area contributed by atoms with E-state index in [9.17, 15) is 4.79 Å². The van der Waals surface area contributed by atoms with Crippen molar-refractivity contribution < 1.29 is 9.53 Å². The number of carbonyl (C=O) groups excluding carboxylic acids is 1. The molecule has 0 radical (unpaired) electrons. The van der Waals surface area contributed by atoms with Crippen LogP contribution >= 0.6 is 11.6 Å². The van der Waals surface area contributed by atoms with E-state index < -0.39 is 5.41 Å². The largest absolute Gasteiger partial charge is 0.489 e. The standard InChI is InChI=1S/C22H22ClN5O2/c1-14-18(12-25-15(2)26-14)30-13-22(16-7-4-3-5-8-16)11-17(22)21(29)28(24)20-10-6-9-19(23)27-20/h3-10,12,17H,11,13,24H2,1-2H3/t17?,22-/m1/s1. The molecule has 7 nitrogen and oxygen atoms in total. The lowest BCUT2D eigenvalue weighted by atomic mass is 9.93. The van der Waals surface area contributed by atoms with Crippen molar-refractivity contribution in [2.45, 2.75) is 25.7 Å². The minimum absolute atomic E-state index is 0.228. The highest BCUT2D eigenvalue weighted by Gasteiger charge is 2.61. The summed E-state index contributed by atoms with van der Waals surface area (Å²) in [6.45, 7) is 4.02. The van der Waals surface area contributed by atoms with Crippen molar-refractivity contribution in [3.63, 3.8) is 0 Å². The number of nitrogens with two attached hydrogens (primary N) is 1. The molecule has 154 valence electrons. The Bertz CT molecular complexity index is 1080. The summed E-state index contributed by atoms with van der Waals surface area (Å²) in [6.07, 6.45) is 2.29. The van der Waals surface area contributed by atoms with E-state index in [2.05, 4.69) is 15.0 Å². The van der Waals surface area contributed by atoms with Crippen molar-refractivity contribution in [3.8, 4) is 5.75 Å². The van der Waals surface area contributed by atoms with Gasteiger partial charge in [0.2, 0.25) is 5.91 Å². The Balaban J connectivity index is 1.58. The molecule has 1 saturated carbocycles. The third-order valence-electron chi connectivity index (χ3n) is 5.45. The molecule has 0 spiro atoms. The van der Waals surface area contributed by atoms with E-state index in [-0.39, 0.29) is 17.0 Å². The number of rotatable bonds is 6. The second-order valence-electron chi connectivity index (χ2n) is 7.46. The summed E-state index contributed by atoms with van der Waals surface area (Å²) in [5.74, 6) is 7.14. The van der Waals surface area contributed by atoms with Crippen molar-refractivity contribution in [1.29, 1.82) is 0 Å². The molecule has 1 aliphatic rings. The van der Waals surface area contributed by atoms with Gasteiger partial charge in [0.1, 0.15) is 11.0 Å². The average molecular weight is 424 g/mol. The van der Waals surface area contributed by atoms with Gasteiger partial charge in [0.25, 0.3) is 0 Å². The Morgan fingerprint density at radius 3 is 2.67 bits per heavy atom. The van der Waals surface area contributed by atoms with Gasteiger partial charge in [0.05, 0.1) is 24.4 Å². The highest BCUT2D eigenvalue weighted by atomic mass is 35.5. The average Bonchev–Trinajstić information content (AvgIpc) is 3.48. The smallest absolute Gasteiger partial charge is 0.246 e. The number of carbonyl (C=O) groups is 1. The highest BCUT2D eigenvalue weighted by molar-refractivity contribution is 6.29. The predicted octanol–water partition coefficient (Wildman–Crippen LogP) is 3.39. The molecular weight excluding hydrogens is 402 g/mol. The van der Waals surface area contributed by atoms with Crippen molar-refractivity contribution in [3.05, 3.63) is 77.0 Å². The predicted molar refractivity (Wildman–Crippen MR) is 114 cm³/mol. The van der Waals surface area contributed by atoms with Gasteiger partial charge in [0.15, 0.2) is 11.6 Å². The summed E-state index contributed by atoms with van der Waals surface area (Å²) < 4.78 is 6.09. The lowest BCUT2D eigenvalue weighted by molar-refractivity contribution is -0.120. The SMILES string of the molecule is Cc1ncc(OC[C@@]2(c3ccccc3)CC2C(=O)N(N)c2cccc(Cl)n2)c(C)n1. The van der Waals surface area contributed by atoms with Gasteiger partial charge in [-0.25, -0.2) is 25.8 Å². The van der Waals surface area contributed by atoms with Crippen LogP contribution in [0.1, 0.15) is 23.5 Å². The van der Waals surface area contributed by atoms with Crippen LogP contribution in [-0.4, -0.2) is 27.5 Å². The number of benzene rings is 1. The molecule has 30 heavy (non-hydrogen) atoms. The molecule has 8 heteroatoms. The van der Waals surface area contributed by atoms with E-state index in [0.717, 1.165) is 16.3 Å². The number of anilines is 1. The topological polar surface area (TPSA) is 94.2 Å². The van der Waals surface area contributed by atoms with E-state index in [4.69, 9.17) is 22.2 Å². The number of aryl methyl sites for hydroxylation is 2. The molecule has 4 rings (SSSR count). The summed E-state index contributed by atoms with van der Waals surface area (Å²) in [6, 6.07) is 14.9. The van der Waals surface area contributed by atoms with Gasteiger partial charge in [-0.05, 0) is 38.0 Å². The van der Waals surface area contributed by atoms with Crippen LogP contribution in [-0.2, 0) is 10.2 Å². The van der Waals surface area contributed by atoms with Gasteiger partial charge in [-0.3, -0.25) is 4.79 Å². The third-order valence-corrected chi connectivity index (χ3v) is 5.66. The third kappa shape index (κ3) is 3.86. The van der Waals surface area contributed by atoms with Gasteiger partial charge in [-0.1, -0.05) is 48.0 Å². The number of aromatic nitrogens is 3. The fraction of sp³-hybridized carbons (Fsp3) is 0.273. The van der Waals surface area contributed by atoms with Crippen molar-refractivity contribution in [2.24, 2.45) is 11.8 Å². The van der Waals surface area contributed by atoms with Gasteiger partial charge in [-0.15, -0.1) is 0 Å². The minimum atomic E-state index is -0.480. The molecular formula is C22H22ClN5O2. The first-order valence-electron chi connectivity index (χ1n) is 9.60.